The van der Waals surface area contributed by atoms with Crippen molar-refractivity contribution in [1.82, 2.24) is 5.32 Å². The number of nitrogens with zero attached hydrogens (tertiary/aromatic N) is 2. The molecule has 0 aromatic heterocycles. The SMILES string of the molecule is C[C@@H]1CCC[C@]2(C1)C(C#N)=C(SCC(=O)Nc1ccc(Br)cc1)NC(=O)[C@@H]2C#N. The molecule has 29 heavy (non-hydrogen) atoms. The molecule has 1 heterocycles. The molecule has 3 rings (SSSR count). The predicted molar refractivity (Wildman–Crippen MR) is 115 cm³/mol. The van der Waals surface area contributed by atoms with Gasteiger partial charge in [-0.05, 0) is 43.0 Å². The first kappa shape index (κ1) is 21.4. The second-order valence-electron chi connectivity index (χ2n) is 7.57. The molecule has 1 fully saturated rings. The highest BCUT2D eigenvalue weighted by Gasteiger charge is 2.52. The van der Waals surface area contributed by atoms with Crippen LogP contribution in [0.25, 0.3) is 0 Å². The largest absolute Gasteiger partial charge is 0.325 e. The summed E-state index contributed by atoms with van der Waals surface area (Å²) < 4.78 is 0.915. The van der Waals surface area contributed by atoms with E-state index in [0.717, 1.165) is 29.1 Å². The van der Waals surface area contributed by atoms with Crippen molar-refractivity contribution < 1.29 is 9.59 Å². The van der Waals surface area contributed by atoms with Gasteiger partial charge in [0.15, 0.2) is 0 Å². The van der Waals surface area contributed by atoms with Crippen molar-refractivity contribution in [3.05, 3.63) is 39.3 Å². The third-order valence-corrected chi connectivity index (χ3v) is 7.06. The highest BCUT2D eigenvalue weighted by molar-refractivity contribution is 9.10. The molecule has 1 saturated carbocycles. The van der Waals surface area contributed by atoms with Crippen LogP contribution >= 0.6 is 27.7 Å². The molecule has 1 aromatic rings. The van der Waals surface area contributed by atoms with Crippen LogP contribution in [0, 0.1) is 39.9 Å². The Balaban J connectivity index is 1.81. The lowest BCUT2D eigenvalue weighted by molar-refractivity contribution is -0.127. The Morgan fingerprint density at radius 2 is 2.10 bits per heavy atom. The second kappa shape index (κ2) is 9.02. The summed E-state index contributed by atoms with van der Waals surface area (Å²) in [6, 6.07) is 11.6. The summed E-state index contributed by atoms with van der Waals surface area (Å²) in [6.45, 7) is 2.09. The number of carbonyl (C=O) groups is 2. The number of hydrogen-bond donors (Lipinski definition) is 2. The first-order valence-corrected chi connectivity index (χ1v) is 11.2. The number of halogens is 1. The topological polar surface area (TPSA) is 106 Å². The fourth-order valence-corrected chi connectivity index (χ4v) is 5.45. The number of benzene rings is 1. The van der Waals surface area contributed by atoms with Gasteiger partial charge < -0.3 is 10.6 Å². The van der Waals surface area contributed by atoms with Gasteiger partial charge in [-0.15, -0.1) is 0 Å². The molecule has 2 aliphatic rings. The number of thioether (sulfide) groups is 1. The molecule has 1 spiro atoms. The zero-order valence-electron chi connectivity index (χ0n) is 16.0. The van der Waals surface area contributed by atoms with Gasteiger partial charge in [-0.2, -0.15) is 10.5 Å². The van der Waals surface area contributed by atoms with E-state index < -0.39 is 11.3 Å². The molecular formula is C21H21BrN4O2S. The van der Waals surface area contributed by atoms with Crippen molar-refractivity contribution in [3.8, 4) is 12.1 Å². The Hall–Kier alpha value is -2.29. The van der Waals surface area contributed by atoms with E-state index >= 15 is 0 Å². The Kier molecular flexibility index (Phi) is 6.66. The molecule has 0 saturated heterocycles. The lowest BCUT2D eigenvalue weighted by Gasteiger charge is -2.45. The average molecular weight is 473 g/mol. The molecule has 6 nitrogen and oxygen atoms in total. The number of carbonyl (C=O) groups excluding carboxylic acids is 2. The minimum absolute atomic E-state index is 0.0553. The van der Waals surface area contributed by atoms with Gasteiger partial charge in [0.25, 0.3) is 0 Å². The molecule has 0 radical (unpaired) electrons. The molecule has 150 valence electrons. The first-order chi connectivity index (χ1) is 13.9. The molecule has 1 aromatic carbocycles. The number of nitrogens with one attached hydrogen (secondary N) is 2. The van der Waals surface area contributed by atoms with E-state index in [0.29, 0.717) is 35.0 Å². The van der Waals surface area contributed by atoms with Gasteiger partial charge in [-0.3, -0.25) is 9.59 Å². The van der Waals surface area contributed by atoms with Crippen LogP contribution in [-0.4, -0.2) is 17.6 Å². The van der Waals surface area contributed by atoms with Crippen molar-refractivity contribution in [1.29, 1.82) is 10.5 Å². The lowest BCUT2D eigenvalue weighted by atomic mass is 9.59. The number of amides is 2. The summed E-state index contributed by atoms with van der Waals surface area (Å²) >= 11 is 4.49. The lowest BCUT2D eigenvalue weighted by Crippen LogP contribution is -2.49. The quantitative estimate of drug-likeness (QED) is 0.678. The fourth-order valence-electron chi connectivity index (χ4n) is 4.27. The zero-order valence-corrected chi connectivity index (χ0v) is 18.4. The summed E-state index contributed by atoms with van der Waals surface area (Å²) in [5.41, 5.74) is 0.355. The average Bonchev–Trinajstić information content (AvgIpc) is 2.68. The Morgan fingerprint density at radius 1 is 1.38 bits per heavy atom. The second-order valence-corrected chi connectivity index (χ2v) is 9.47. The van der Waals surface area contributed by atoms with Gasteiger partial charge in [-0.1, -0.05) is 47.5 Å². The standard InChI is InChI=1S/C21H21BrN4O2S/c1-13-3-2-8-21(9-13)16(10-23)19(28)26-20(17(21)11-24)29-12-18(27)25-15-6-4-14(22)5-7-15/h4-7,13,16H,2-3,8-9,12H2,1H3,(H,25,27)(H,26,28)/t13-,16+,21-/m1/s1. The van der Waals surface area contributed by atoms with E-state index in [1.807, 2.05) is 12.1 Å². The van der Waals surface area contributed by atoms with Crippen LogP contribution < -0.4 is 10.6 Å². The molecule has 3 atom stereocenters. The van der Waals surface area contributed by atoms with Gasteiger partial charge in [0.1, 0.15) is 5.92 Å². The maximum absolute atomic E-state index is 12.6. The minimum Gasteiger partial charge on any atom is -0.325 e. The van der Waals surface area contributed by atoms with Crippen LogP contribution in [0.3, 0.4) is 0 Å². The van der Waals surface area contributed by atoms with Gasteiger partial charge in [0.2, 0.25) is 11.8 Å². The highest BCUT2D eigenvalue weighted by atomic mass is 79.9. The Bertz CT molecular complexity index is 931. The maximum Gasteiger partial charge on any atom is 0.243 e. The molecule has 2 N–H and O–H groups in total. The molecule has 2 amide bonds. The number of allylic oxidation sites excluding steroid dienone is 1. The summed E-state index contributed by atoms with van der Waals surface area (Å²) in [6.07, 6.45) is 3.18. The molecule has 0 unspecified atom stereocenters. The number of rotatable bonds is 4. The molecular weight excluding hydrogens is 452 g/mol. The molecule has 0 bridgehead atoms. The Morgan fingerprint density at radius 3 is 2.72 bits per heavy atom. The zero-order chi connectivity index (χ0) is 21.0. The van der Waals surface area contributed by atoms with Crippen LogP contribution in [0.1, 0.15) is 32.6 Å². The number of nitriles is 2. The minimum atomic E-state index is -0.874. The number of hydrogen-bond acceptors (Lipinski definition) is 5. The van der Waals surface area contributed by atoms with Gasteiger partial charge >= 0.3 is 0 Å². The maximum atomic E-state index is 12.6. The summed E-state index contributed by atoms with van der Waals surface area (Å²) in [5, 5.41) is 25.5. The first-order valence-electron chi connectivity index (χ1n) is 9.43. The van der Waals surface area contributed by atoms with Gasteiger partial charge in [0.05, 0.1) is 28.5 Å². The monoisotopic (exact) mass is 472 g/mol. The summed E-state index contributed by atoms with van der Waals surface area (Å²) in [4.78, 5) is 25.0. The van der Waals surface area contributed by atoms with Crippen molar-refractivity contribution in [3.63, 3.8) is 0 Å². The van der Waals surface area contributed by atoms with Crippen molar-refractivity contribution in [2.75, 3.05) is 11.1 Å². The van der Waals surface area contributed by atoms with E-state index in [1.54, 1.807) is 12.1 Å². The third kappa shape index (κ3) is 4.49. The predicted octanol–water partition coefficient (Wildman–Crippen LogP) is 4.32. The van der Waals surface area contributed by atoms with E-state index in [2.05, 4.69) is 45.6 Å². The highest BCUT2D eigenvalue weighted by Crippen LogP contribution is 2.53. The third-order valence-electron chi connectivity index (χ3n) is 5.53. The van der Waals surface area contributed by atoms with Crippen molar-refractivity contribution in [2.24, 2.45) is 17.3 Å². The van der Waals surface area contributed by atoms with E-state index in [9.17, 15) is 20.1 Å². The molecule has 8 heteroatoms. The van der Waals surface area contributed by atoms with E-state index in [1.165, 1.54) is 0 Å². The van der Waals surface area contributed by atoms with E-state index in [4.69, 9.17) is 0 Å². The van der Waals surface area contributed by atoms with Crippen LogP contribution in [0.15, 0.2) is 39.3 Å². The number of anilines is 1. The Labute approximate surface area is 182 Å². The summed E-state index contributed by atoms with van der Waals surface area (Å²) in [7, 11) is 0. The van der Waals surface area contributed by atoms with E-state index in [-0.39, 0.29) is 17.6 Å². The summed E-state index contributed by atoms with van der Waals surface area (Å²) in [5.74, 6) is -1.09. The van der Waals surface area contributed by atoms with Crippen LogP contribution in [-0.2, 0) is 9.59 Å². The molecule has 1 aliphatic heterocycles. The smallest absolute Gasteiger partial charge is 0.243 e. The van der Waals surface area contributed by atoms with Crippen molar-refractivity contribution >= 4 is 45.2 Å². The van der Waals surface area contributed by atoms with Crippen LogP contribution in [0.5, 0.6) is 0 Å². The van der Waals surface area contributed by atoms with Crippen LogP contribution in [0.4, 0.5) is 5.69 Å². The van der Waals surface area contributed by atoms with Crippen molar-refractivity contribution in [2.45, 2.75) is 32.6 Å². The molecule has 1 aliphatic carbocycles. The van der Waals surface area contributed by atoms with Crippen LogP contribution in [0.2, 0.25) is 0 Å². The normalized spacial score (nSPS) is 26.4. The fraction of sp³-hybridized carbons (Fsp3) is 0.429. The van der Waals surface area contributed by atoms with Gasteiger partial charge in [-0.25, -0.2) is 0 Å². The van der Waals surface area contributed by atoms with Gasteiger partial charge in [0, 0.05) is 15.6 Å².